The van der Waals surface area contributed by atoms with Crippen molar-refractivity contribution in [3.05, 3.63) is 71.8 Å². The minimum Gasteiger partial charge on any atom is -0.298 e. The first-order valence-corrected chi connectivity index (χ1v) is 7.61. The molecule has 2 rings (SSSR count). The van der Waals surface area contributed by atoms with E-state index in [0.29, 0.717) is 0 Å². The highest BCUT2D eigenvalue weighted by molar-refractivity contribution is 8.13. The summed E-state index contributed by atoms with van der Waals surface area (Å²) < 4.78 is 0. The average Bonchev–Trinajstić information content (AvgIpc) is 2.47. The number of rotatable bonds is 6. The molecule has 1 N–H and O–H groups in total. The molecule has 2 aromatic carbocycles. The second kappa shape index (κ2) is 9.62. The summed E-state index contributed by atoms with van der Waals surface area (Å²) in [6.07, 6.45) is 3.01. The lowest BCUT2D eigenvalue weighted by atomic mass is 10.1. The summed E-state index contributed by atoms with van der Waals surface area (Å²) in [5, 5.41) is 8.76. The molecule has 0 saturated carbocycles. The number of benzene rings is 2. The van der Waals surface area contributed by atoms with Crippen LogP contribution in [0.4, 0.5) is 0 Å². The summed E-state index contributed by atoms with van der Waals surface area (Å²) in [7, 11) is 0. The van der Waals surface area contributed by atoms with Crippen molar-refractivity contribution >= 4 is 29.2 Å². The predicted molar refractivity (Wildman–Crippen MR) is 92.1 cm³/mol. The molecule has 20 heavy (non-hydrogen) atoms. The van der Waals surface area contributed by atoms with Gasteiger partial charge in [0.05, 0.1) is 5.04 Å². The maximum Gasteiger partial charge on any atom is 0.0644 e. The van der Waals surface area contributed by atoms with Crippen LogP contribution >= 0.6 is 24.2 Å². The molecule has 1 nitrogen and oxygen atoms in total. The Morgan fingerprint density at radius 1 is 0.850 bits per heavy atom. The van der Waals surface area contributed by atoms with Crippen LogP contribution < -0.4 is 0 Å². The van der Waals surface area contributed by atoms with Gasteiger partial charge in [-0.25, -0.2) is 0 Å². The number of hydrogen-bond acceptors (Lipinski definition) is 2. The Hall–Kier alpha value is -1.25. The van der Waals surface area contributed by atoms with Crippen LogP contribution in [0.3, 0.4) is 0 Å². The standard InChI is InChI=1S/C17H19NS.ClH/c18-17(19-14-16-10-5-2-6-11-16)13-7-12-15-8-3-1-4-9-15;/h1-6,8-11,18H,7,12-14H2;1H. The lowest BCUT2D eigenvalue weighted by Crippen LogP contribution is -1.94. The smallest absolute Gasteiger partial charge is 0.0644 e. The van der Waals surface area contributed by atoms with Crippen LogP contribution in [0.1, 0.15) is 24.0 Å². The lowest BCUT2D eigenvalue weighted by Gasteiger charge is -2.04. The summed E-state index contributed by atoms with van der Waals surface area (Å²) in [4.78, 5) is 0. The summed E-state index contributed by atoms with van der Waals surface area (Å²) in [6, 6.07) is 20.9. The molecule has 106 valence electrons. The van der Waals surface area contributed by atoms with Gasteiger partial charge in [-0.2, -0.15) is 0 Å². The molecule has 0 unspecified atom stereocenters. The van der Waals surface area contributed by atoms with Crippen LogP contribution in [0.5, 0.6) is 0 Å². The van der Waals surface area contributed by atoms with Crippen LogP contribution in [0.15, 0.2) is 60.7 Å². The zero-order valence-corrected chi connectivity index (χ0v) is 13.1. The zero-order valence-electron chi connectivity index (χ0n) is 11.4. The van der Waals surface area contributed by atoms with Crippen molar-refractivity contribution in [3.63, 3.8) is 0 Å². The second-order valence-electron chi connectivity index (χ2n) is 4.54. The molecule has 0 saturated heterocycles. The predicted octanol–water partition coefficient (Wildman–Crippen LogP) is 5.34. The number of aryl methyl sites for hydroxylation is 1. The van der Waals surface area contributed by atoms with Crippen molar-refractivity contribution in [2.24, 2.45) is 0 Å². The Morgan fingerprint density at radius 3 is 2.00 bits per heavy atom. The number of hydrogen-bond donors (Lipinski definition) is 1. The van der Waals surface area contributed by atoms with Crippen molar-refractivity contribution < 1.29 is 0 Å². The molecule has 0 fully saturated rings. The van der Waals surface area contributed by atoms with E-state index in [4.69, 9.17) is 5.41 Å². The van der Waals surface area contributed by atoms with Gasteiger partial charge in [0.25, 0.3) is 0 Å². The molecule has 0 aromatic heterocycles. The van der Waals surface area contributed by atoms with E-state index in [2.05, 4.69) is 48.5 Å². The van der Waals surface area contributed by atoms with E-state index in [1.54, 1.807) is 11.8 Å². The third-order valence-corrected chi connectivity index (χ3v) is 4.00. The Labute approximate surface area is 131 Å². The third-order valence-electron chi connectivity index (χ3n) is 2.97. The van der Waals surface area contributed by atoms with Gasteiger partial charge in [-0.05, 0) is 30.4 Å². The number of nitrogens with one attached hydrogen (secondary N) is 1. The van der Waals surface area contributed by atoms with E-state index in [9.17, 15) is 0 Å². The van der Waals surface area contributed by atoms with Crippen molar-refractivity contribution in [3.8, 4) is 0 Å². The topological polar surface area (TPSA) is 23.9 Å². The Kier molecular flexibility index (Phi) is 8.08. The van der Waals surface area contributed by atoms with Gasteiger partial charge in [-0.15, -0.1) is 24.2 Å². The summed E-state index contributed by atoms with van der Waals surface area (Å²) in [5.74, 6) is 0.908. The van der Waals surface area contributed by atoms with E-state index >= 15 is 0 Å². The largest absolute Gasteiger partial charge is 0.298 e. The second-order valence-corrected chi connectivity index (χ2v) is 5.61. The SMILES string of the molecule is Cl.N=C(CCCc1ccccc1)SCc1ccccc1. The fraction of sp³-hybridized carbons (Fsp3) is 0.235. The highest BCUT2D eigenvalue weighted by Gasteiger charge is 2.00. The molecule has 0 atom stereocenters. The van der Waals surface area contributed by atoms with Gasteiger partial charge in [-0.3, -0.25) is 5.41 Å². The van der Waals surface area contributed by atoms with E-state index in [1.165, 1.54) is 11.1 Å². The molecule has 0 heterocycles. The highest BCUT2D eigenvalue weighted by Crippen LogP contribution is 2.16. The quantitative estimate of drug-likeness (QED) is 0.565. The van der Waals surface area contributed by atoms with Crippen LogP contribution in [0, 0.1) is 5.41 Å². The van der Waals surface area contributed by atoms with Gasteiger partial charge in [0.15, 0.2) is 0 Å². The summed E-state index contributed by atoms with van der Waals surface area (Å²) in [5.41, 5.74) is 2.66. The first-order valence-electron chi connectivity index (χ1n) is 6.62. The molecule has 0 aliphatic rings. The minimum absolute atomic E-state index is 0. The Balaban J connectivity index is 0.00000200. The van der Waals surface area contributed by atoms with Gasteiger partial charge in [-0.1, -0.05) is 60.7 Å². The van der Waals surface area contributed by atoms with Crippen LogP contribution in [-0.2, 0) is 12.2 Å². The van der Waals surface area contributed by atoms with Crippen LogP contribution in [0.2, 0.25) is 0 Å². The monoisotopic (exact) mass is 305 g/mol. The molecule has 0 aliphatic carbocycles. The van der Waals surface area contributed by atoms with Gasteiger partial charge in [0, 0.05) is 5.75 Å². The first-order chi connectivity index (χ1) is 9.34. The zero-order chi connectivity index (χ0) is 13.3. The van der Waals surface area contributed by atoms with E-state index in [1.807, 2.05) is 12.1 Å². The van der Waals surface area contributed by atoms with Gasteiger partial charge < -0.3 is 0 Å². The number of thioether (sulfide) groups is 1. The van der Waals surface area contributed by atoms with Crippen molar-refractivity contribution in [2.45, 2.75) is 25.0 Å². The average molecular weight is 306 g/mol. The Morgan fingerprint density at radius 2 is 1.40 bits per heavy atom. The molecule has 2 aromatic rings. The maximum atomic E-state index is 7.97. The fourth-order valence-electron chi connectivity index (χ4n) is 1.91. The van der Waals surface area contributed by atoms with E-state index in [-0.39, 0.29) is 12.4 Å². The Bertz CT molecular complexity index is 499. The van der Waals surface area contributed by atoms with Gasteiger partial charge >= 0.3 is 0 Å². The molecule has 0 bridgehead atoms. The summed E-state index contributed by atoms with van der Waals surface area (Å²) >= 11 is 1.65. The fourth-order valence-corrected chi connectivity index (χ4v) is 2.74. The van der Waals surface area contributed by atoms with Crippen molar-refractivity contribution in [1.29, 1.82) is 5.41 Å². The highest BCUT2D eigenvalue weighted by atomic mass is 35.5. The lowest BCUT2D eigenvalue weighted by molar-refractivity contribution is 0.869. The van der Waals surface area contributed by atoms with E-state index in [0.717, 1.165) is 30.1 Å². The van der Waals surface area contributed by atoms with Crippen LogP contribution in [-0.4, -0.2) is 5.04 Å². The molecule has 0 amide bonds. The number of halogens is 1. The van der Waals surface area contributed by atoms with Crippen molar-refractivity contribution in [2.75, 3.05) is 0 Å². The molecular formula is C17H20ClNS. The molecule has 0 radical (unpaired) electrons. The molecular weight excluding hydrogens is 286 g/mol. The molecule has 0 aliphatic heterocycles. The first kappa shape index (κ1) is 16.8. The van der Waals surface area contributed by atoms with Crippen LogP contribution in [0.25, 0.3) is 0 Å². The molecule has 0 spiro atoms. The third kappa shape index (κ3) is 6.27. The summed E-state index contributed by atoms with van der Waals surface area (Å²) in [6.45, 7) is 0. The normalized spacial score (nSPS) is 9.80. The minimum atomic E-state index is 0. The van der Waals surface area contributed by atoms with Crippen molar-refractivity contribution in [1.82, 2.24) is 0 Å². The van der Waals surface area contributed by atoms with Gasteiger partial charge in [0.2, 0.25) is 0 Å². The molecule has 3 heteroatoms. The maximum absolute atomic E-state index is 7.97. The van der Waals surface area contributed by atoms with E-state index < -0.39 is 0 Å². The van der Waals surface area contributed by atoms with Gasteiger partial charge in [0.1, 0.15) is 0 Å².